The number of amides is 4. The number of aryl methyl sites for hydroxylation is 4. The van der Waals surface area contributed by atoms with Crippen molar-refractivity contribution in [1.29, 1.82) is 0 Å². The monoisotopic (exact) mass is 804 g/mol. The number of hydrogen-bond acceptors (Lipinski definition) is 4. The number of carbonyl (C=O) groups is 4. The van der Waals surface area contributed by atoms with E-state index in [0.29, 0.717) is 48.2 Å². The molecule has 4 aromatic rings. The van der Waals surface area contributed by atoms with Crippen LogP contribution in [0.15, 0.2) is 60.7 Å². The van der Waals surface area contributed by atoms with Gasteiger partial charge in [0.15, 0.2) is 0 Å². The van der Waals surface area contributed by atoms with Gasteiger partial charge in [0.25, 0.3) is 23.6 Å². The van der Waals surface area contributed by atoms with Crippen molar-refractivity contribution in [1.82, 2.24) is 4.90 Å². The molecule has 2 aliphatic rings. The Labute approximate surface area is 334 Å². The minimum Gasteiger partial charge on any atom is -0.269 e. The van der Waals surface area contributed by atoms with Crippen molar-refractivity contribution in [2.24, 2.45) is 0 Å². The van der Waals surface area contributed by atoms with Crippen molar-refractivity contribution in [2.75, 3.05) is 4.90 Å². The molecular weight excluding hydrogens is 759 g/mol. The summed E-state index contributed by atoms with van der Waals surface area (Å²) in [5.41, 5.74) is -3.55. The molecule has 0 aromatic heterocycles. The van der Waals surface area contributed by atoms with E-state index in [4.69, 9.17) is 0 Å². The van der Waals surface area contributed by atoms with Gasteiger partial charge in [-0.15, -0.1) is 0 Å². The lowest BCUT2D eigenvalue weighted by Crippen LogP contribution is -2.55. The van der Waals surface area contributed by atoms with E-state index in [2.05, 4.69) is 46.8 Å². The molecule has 4 aromatic carbocycles. The van der Waals surface area contributed by atoms with Crippen LogP contribution in [0.2, 0.25) is 0 Å². The summed E-state index contributed by atoms with van der Waals surface area (Å²) in [6.07, 6.45) is -10.4. The zero-order chi connectivity index (χ0) is 43.2. The predicted octanol–water partition coefficient (Wildman–Crippen LogP) is 10.9. The number of nitrogens with zero attached hydrogens (tertiary/aromatic N) is 2. The van der Waals surface area contributed by atoms with Crippen molar-refractivity contribution in [3.05, 3.63) is 133 Å². The third-order valence-corrected chi connectivity index (χ3v) is 11.2. The maximum Gasteiger partial charge on any atom is 0.411 e. The first-order chi connectivity index (χ1) is 26.7. The summed E-state index contributed by atoms with van der Waals surface area (Å²) < 4.78 is 92.0. The van der Waals surface area contributed by atoms with Crippen molar-refractivity contribution < 1.29 is 45.5 Å². The van der Waals surface area contributed by atoms with Crippen molar-refractivity contribution in [3.63, 3.8) is 0 Å². The molecule has 0 saturated carbocycles. The second-order valence-electron chi connectivity index (χ2n) is 17.3. The van der Waals surface area contributed by atoms with Gasteiger partial charge >= 0.3 is 12.4 Å². The molecule has 0 N–H and O–H groups in total. The Hall–Kier alpha value is -5.26. The van der Waals surface area contributed by atoms with Gasteiger partial charge in [0.1, 0.15) is 0 Å². The van der Waals surface area contributed by atoms with Crippen molar-refractivity contribution in [2.45, 2.75) is 117 Å². The summed E-state index contributed by atoms with van der Waals surface area (Å²) >= 11 is 0. The van der Waals surface area contributed by atoms with E-state index < -0.39 is 69.2 Å². The average molecular weight is 805 g/mol. The summed E-state index contributed by atoms with van der Waals surface area (Å²) in [5, 5.41) is 0. The van der Waals surface area contributed by atoms with Crippen LogP contribution in [0.25, 0.3) is 0 Å². The highest BCUT2D eigenvalue weighted by Gasteiger charge is 2.73. The fourth-order valence-electron chi connectivity index (χ4n) is 9.00. The number of hydrogen-bond donors (Lipinski definition) is 0. The topological polar surface area (TPSA) is 74.8 Å². The Morgan fingerprint density at radius 3 is 1.43 bits per heavy atom. The average Bonchev–Trinajstić information content (AvgIpc) is 3.49. The first kappa shape index (κ1) is 42.3. The van der Waals surface area contributed by atoms with E-state index in [1.54, 1.807) is 6.92 Å². The van der Waals surface area contributed by atoms with E-state index >= 15 is 26.3 Å². The van der Waals surface area contributed by atoms with Crippen molar-refractivity contribution >= 4 is 29.3 Å². The molecular formula is C46H46F6N2O4. The molecule has 12 heteroatoms. The number of rotatable bonds is 7. The lowest BCUT2D eigenvalue weighted by atomic mass is 9.71. The van der Waals surface area contributed by atoms with Crippen LogP contribution in [0, 0.1) is 13.8 Å². The summed E-state index contributed by atoms with van der Waals surface area (Å²) in [4.78, 5) is 56.1. The van der Waals surface area contributed by atoms with Gasteiger partial charge in [-0.05, 0) is 134 Å². The summed E-state index contributed by atoms with van der Waals surface area (Å²) in [7, 11) is 0. The van der Waals surface area contributed by atoms with Crippen LogP contribution in [0.5, 0.6) is 0 Å². The molecule has 0 spiro atoms. The van der Waals surface area contributed by atoms with Crippen LogP contribution in [-0.2, 0) is 30.1 Å². The summed E-state index contributed by atoms with van der Waals surface area (Å²) in [6, 6.07) is 11.7. The molecule has 0 saturated heterocycles. The van der Waals surface area contributed by atoms with E-state index in [0.717, 1.165) is 39.5 Å². The van der Waals surface area contributed by atoms with E-state index in [-0.39, 0.29) is 22.2 Å². The van der Waals surface area contributed by atoms with Crippen LogP contribution < -0.4 is 4.90 Å². The van der Waals surface area contributed by atoms with Crippen LogP contribution in [0.1, 0.15) is 147 Å². The normalized spacial score (nSPS) is 15.2. The molecule has 0 unspecified atom stereocenters. The Balaban J connectivity index is 1.44. The first-order valence-corrected chi connectivity index (χ1v) is 19.2. The van der Waals surface area contributed by atoms with Crippen LogP contribution in [0.3, 0.4) is 0 Å². The predicted molar refractivity (Wildman–Crippen MR) is 210 cm³/mol. The number of benzene rings is 4. The van der Waals surface area contributed by atoms with Gasteiger partial charge in [0, 0.05) is 5.54 Å². The molecule has 0 radical (unpaired) electrons. The standard InChI is InChI=1S/C46H46F6N2O4/c1-11-28-20-26(17-24(3)36(28)42(5,6)7)19-27-18-25(4)37(29(12-2)21-27)53-38(55)32-15-13-30(22-34(32)39(53)56)44(45(47,48)49,46(50,51)52)31-14-16-33-35(23-31)41(58)54(40(33)57)43(8,9)10/h13-18,20-23H,11-12,19H2,1-10H3. The van der Waals surface area contributed by atoms with Gasteiger partial charge in [0.05, 0.1) is 27.9 Å². The van der Waals surface area contributed by atoms with Gasteiger partial charge in [-0.2, -0.15) is 26.3 Å². The number of fused-ring (bicyclic) bond motifs is 2. The van der Waals surface area contributed by atoms with E-state index in [9.17, 15) is 19.2 Å². The third-order valence-electron chi connectivity index (χ3n) is 11.2. The largest absolute Gasteiger partial charge is 0.411 e. The lowest BCUT2D eigenvalue weighted by molar-refractivity contribution is -0.288. The number of carbonyl (C=O) groups excluding carboxylic acids is 4. The Morgan fingerprint density at radius 1 is 0.534 bits per heavy atom. The summed E-state index contributed by atoms with van der Waals surface area (Å²) in [5.74, 6) is -3.84. The maximum atomic E-state index is 15.3. The van der Waals surface area contributed by atoms with Gasteiger partial charge in [-0.1, -0.05) is 71.0 Å². The molecule has 6 nitrogen and oxygen atoms in total. The van der Waals surface area contributed by atoms with Crippen LogP contribution >= 0.6 is 0 Å². The van der Waals surface area contributed by atoms with Crippen LogP contribution in [-0.4, -0.2) is 46.4 Å². The molecule has 0 fully saturated rings. The molecule has 0 bridgehead atoms. The fourth-order valence-corrected chi connectivity index (χ4v) is 9.00. The minimum atomic E-state index is -6.07. The van der Waals surface area contributed by atoms with Gasteiger partial charge < -0.3 is 0 Å². The molecule has 0 aliphatic carbocycles. The maximum absolute atomic E-state index is 15.3. The van der Waals surface area contributed by atoms with E-state index in [1.165, 1.54) is 37.5 Å². The molecule has 6 rings (SSSR count). The molecule has 58 heavy (non-hydrogen) atoms. The smallest absolute Gasteiger partial charge is 0.269 e. The second kappa shape index (κ2) is 13.9. The summed E-state index contributed by atoms with van der Waals surface area (Å²) in [6.45, 7) is 18.8. The van der Waals surface area contributed by atoms with Crippen LogP contribution in [0.4, 0.5) is 32.0 Å². The van der Waals surface area contributed by atoms with E-state index in [1.807, 2.05) is 19.1 Å². The second-order valence-corrected chi connectivity index (χ2v) is 17.3. The highest BCUT2D eigenvalue weighted by atomic mass is 19.4. The number of imide groups is 2. The minimum absolute atomic E-state index is 0.0477. The van der Waals surface area contributed by atoms with Gasteiger partial charge in [0.2, 0.25) is 5.41 Å². The SMILES string of the molecule is CCc1cc(Cc2cc(C)c(C(C)(C)C)c(CC)c2)cc(C)c1N1C(=O)c2ccc(C(c3ccc4c(c3)C(=O)N(C(C)(C)C)C4=O)(C(F)(F)F)C(F)(F)F)cc2C1=O. The Kier molecular flexibility index (Phi) is 10.2. The highest BCUT2D eigenvalue weighted by Crippen LogP contribution is 2.57. The number of halogens is 6. The zero-order valence-corrected chi connectivity index (χ0v) is 34.2. The zero-order valence-electron chi connectivity index (χ0n) is 34.2. The molecule has 306 valence electrons. The lowest BCUT2D eigenvalue weighted by Gasteiger charge is -2.38. The molecule has 2 aliphatic heterocycles. The van der Waals surface area contributed by atoms with Gasteiger partial charge in [-0.25, -0.2) is 4.90 Å². The van der Waals surface area contributed by atoms with Crippen molar-refractivity contribution in [3.8, 4) is 0 Å². The number of alkyl halides is 6. The highest BCUT2D eigenvalue weighted by molar-refractivity contribution is 6.35. The fraction of sp³-hybridized carbons (Fsp3) is 0.391. The quantitative estimate of drug-likeness (QED) is 0.138. The number of anilines is 1. The van der Waals surface area contributed by atoms with Gasteiger partial charge in [-0.3, -0.25) is 24.1 Å². The Bertz CT molecular complexity index is 2400. The Morgan fingerprint density at radius 2 is 0.966 bits per heavy atom. The third kappa shape index (κ3) is 6.52. The molecule has 2 heterocycles. The molecule has 4 amide bonds. The molecule has 0 atom stereocenters. The first-order valence-electron chi connectivity index (χ1n) is 19.2.